The largest absolute Gasteiger partial charge is 0.489 e. The molecule has 0 amide bonds. The molecule has 1 aromatic carbocycles. The first-order valence-electron chi connectivity index (χ1n) is 6.85. The summed E-state index contributed by atoms with van der Waals surface area (Å²) >= 11 is 6.25. The van der Waals surface area contributed by atoms with Crippen LogP contribution >= 0.6 is 11.6 Å². The molecule has 3 unspecified atom stereocenters. The number of nitrogens with one attached hydrogen (secondary N) is 1. The molecular weight excluding hydrogens is 262 g/mol. The summed E-state index contributed by atoms with van der Waals surface area (Å²) in [5, 5.41) is 3.85. The number of hydrogen-bond donors (Lipinski definition) is 1. The van der Waals surface area contributed by atoms with Gasteiger partial charge in [0.1, 0.15) is 12.4 Å². The van der Waals surface area contributed by atoms with E-state index in [2.05, 4.69) is 19.2 Å². The van der Waals surface area contributed by atoms with Gasteiger partial charge in [0.2, 0.25) is 0 Å². The minimum absolute atomic E-state index is 0.196. The summed E-state index contributed by atoms with van der Waals surface area (Å²) in [6.07, 6.45) is 2.72. The van der Waals surface area contributed by atoms with Crippen molar-refractivity contribution in [3.63, 3.8) is 0 Å². The number of benzene rings is 1. The van der Waals surface area contributed by atoms with Gasteiger partial charge in [-0.15, -0.1) is 0 Å². The van der Waals surface area contributed by atoms with E-state index >= 15 is 0 Å². The van der Waals surface area contributed by atoms with Crippen LogP contribution in [-0.2, 0) is 4.74 Å². The van der Waals surface area contributed by atoms with E-state index in [1.54, 1.807) is 0 Å². The fourth-order valence-electron chi connectivity index (χ4n) is 2.26. The fourth-order valence-corrected chi connectivity index (χ4v) is 2.50. The zero-order valence-corrected chi connectivity index (χ0v) is 12.5. The molecule has 0 spiro atoms. The van der Waals surface area contributed by atoms with E-state index in [9.17, 15) is 0 Å². The van der Waals surface area contributed by atoms with Gasteiger partial charge in [-0.3, -0.25) is 0 Å². The van der Waals surface area contributed by atoms with Gasteiger partial charge in [0.05, 0.1) is 17.2 Å². The standard InChI is InChI=1S/C15H22ClNO2/c1-10-4-6-13(19-10)9-18-15-7-5-12(8-14(15)16)11(2)17-3/h5,7-8,10-11,13,17H,4,6,9H2,1-3H3. The third-order valence-electron chi connectivity index (χ3n) is 3.63. The van der Waals surface area contributed by atoms with Crippen LogP contribution in [-0.4, -0.2) is 25.9 Å². The topological polar surface area (TPSA) is 30.5 Å². The average Bonchev–Trinajstić information content (AvgIpc) is 2.82. The molecule has 0 aliphatic carbocycles. The molecule has 1 N–H and O–H groups in total. The van der Waals surface area contributed by atoms with Crippen molar-refractivity contribution in [2.24, 2.45) is 0 Å². The first-order chi connectivity index (χ1) is 9.10. The fraction of sp³-hybridized carbons (Fsp3) is 0.600. The third-order valence-corrected chi connectivity index (χ3v) is 3.93. The van der Waals surface area contributed by atoms with E-state index in [-0.39, 0.29) is 12.1 Å². The zero-order chi connectivity index (χ0) is 13.8. The van der Waals surface area contributed by atoms with Gasteiger partial charge >= 0.3 is 0 Å². The summed E-state index contributed by atoms with van der Waals surface area (Å²) in [5.41, 5.74) is 1.16. The minimum Gasteiger partial charge on any atom is -0.489 e. The number of hydrogen-bond acceptors (Lipinski definition) is 3. The zero-order valence-electron chi connectivity index (χ0n) is 11.8. The Bertz CT molecular complexity index is 425. The number of ether oxygens (including phenoxy) is 2. The minimum atomic E-state index is 0.196. The van der Waals surface area contributed by atoms with Gasteiger partial charge in [-0.05, 0) is 51.4 Å². The van der Waals surface area contributed by atoms with E-state index in [1.807, 2.05) is 25.2 Å². The van der Waals surface area contributed by atoms with Gasteiger partial charge in [0, 0.05) is 6.04 Å². The molecule has 1 aliphatic rings. The summed E-state index contributed by atoms with van der Waals surface area (Å²) in [5.74, 6) is 0.733. The Morgan fingerprint density at radius 2 is 2.26 bits per heavy atom. The second-order valence-corrected chi connectivity index (χ2v) is 5.56. The summed E-state index contributed by atoms with van der Waals surface area (Å²) < 4.78 is 11.5. The highest BCUT2D eigenvalue weighted by Gasteiger charge is 2.22. The molecule has 0 aromatic heterocycles. The van der Waals surface area contributed by atoms with E-state index in [1.165, 1.54) is 0 Å². The average molecular weight is 284 g/mol. The molecule has 3 atom stereocenters. The Morgan fingerprint density at radius 1 is 1.47 bits per heavy atom. The summed E-state index contributed by atoms with van der Waals surface area (Å²) in [6.45, 7) is 4.77. The molecule has 0 bridgehead atoms. The van der Waals surface area contributed by atoms with E-state index in [0.29, 0.717) is 17.7 Å². The number of rotatable bonds is 5. The van der Waals surface area contributed by atoms with Crippen molar-refractivity contribution in [3.8, 4) is 5.75 Å². The highest BCUT2D eigenvalue weighted by molar-refractivity contribution is 6.32. The lowest BCUT2D eigenvalue weighted by Gasteiger charge is -2.16. The molecule has 0 radical (unpaired) electrons. The Hall–Kier alpha value is -0.770. The predicted octanol–water partition coefficient (Wildman–Crippen LogP) is 3.57. The molecule has 19 heavy (non-hydrogen) atoms. The summed E-state index contributed by atoms with van der Waals surface area (Å²) in [7, 11) is 1.93. The normalized spacial score (nSPS) is 24.4. The van der Waals surface area contributed by atoms with Crippen molar-refractivity contribution in [2.45, 2.75) is 44.9 Å². The maximum atomic E-state index is 6.25. The first kappa shape index (κ1) is 14.6. The van der Waals surface area contributed by atoms with Crippen molar-refractivity contribution in [1.82, 2.24) is 5.32 Å². The van der Waals surface area contributed by atoms with Gasteiger partial charge in [-0.25, -0.2) is 0 Å². The van der Waals surface area contributed by atoms with Crippen molar-refractivity contribution < 1.29 is 9.47 Å². The molecule has 3 nitrogen and oxygen atoms in total. The van der Waals surface area contributed by atoms with Gasteiger partial charge in [-0.1, -0.05) is 17.7 Å². The van der Waals surface area contributed by atoms with Crippen molar-refractivity contribution >= 4 is 11.6 Å². The lowest BCUT2D eigenvalue weighted by atomic mass is 10.1. The molecule has 1 saturated heterocycles. The van der Waals surface area contributed by atoms with Gasteiger partial charge in [0.25, 0.3) is 0 Å². The molecule has 0 saturated carbocycles. The van der Waals surface area contributed by atoms with Crippen LogP contribution in [0.3, 0.4) is 0 Å². The van der Waals surface area contributed by atoms with Crippen LogP contribution in [0.5, 0.6) is 5.75 Å². The predicted molar refractivity (Wildman–Crippen MR) is 78.0 cm³/mol. The molecular formula is C15H22ClNO2. The highest BCUT2D eigenvalue weighted by atomic mass is 35.5. The lowest BCUT2D eigenvalue weighted by Crippen LogP contribution is -2.18. The van der Waals surface area contributed by atoms with Crippen molar-refractivity contribution in [3.05, 3.63) is 28.8 Å². The van der Waals surface area contributed by atoms with E-state index < -0.39 is 0 Å². The molecule has 1 aliphatic heterocycles. The van der Waals surface area contributed by atoms with Crippen LogP contribution in [0, 0.1) is 0 Å². The van der Waals surface area contributed by atoms with Crippen LogP contribution in [0.15, 0.2) is 18.2 Å². The molecule has 1 heterocycles. The highest BCUT2D eigenvalue weighted by Crippen LogP contribution is 2.29. The Kier molecular flexibility index (Phi) is 5.08. The summed E-state index contributed by atoms with van der Waals surface area (Å²) in [6, 6.07) is 6.21. The molecule has 2 rings (SSSR count). The van der Waals surface area contributed by atoms with E-state index in [4.69, 9.17) is 21.1 Å². The van der Waals surface area contributed by atoms with Crippen LogP contribution in [0.25, 0.3) is 0 Å². The number of halogens is 1. The Balaban J connectivity index is 1.93. The Morgan fingerprint density at radius 3 is 2.84 bits per heavy atom. The smallest absolute Gasteiger partial charge is 0.138 e. The van der Waals surface area contributed by atoms with Gasteiger partial charge in [-0.2, -0.15) is 0 Å². The first-order valence-corrected chi connectivity index (χ1v) is 7.23. The second-order valence-electron chi connectivity index (χ2n) is 5.16. The molecule has 1 aromatic rings. The third kappa shape index (κ3) is 3.85. The maximum absolute atomic E-state index is 6.25. The quantitative estimate of drug-likeness (QED) is 0.896. The SMILES string of the molecule is CNC(C)c1ccc(OCC2CCC(C)O2)c(Cl)c1. The van der Waals surface area contributed by atoms with Crippen molar-refractivity contribution in [2.75, 3.05) is 13.7 Å². The summed E-state index contributed by atoms with van der Waals surface area (Å²) in [4.78, 5) is 0. The Labute approximate surface area is 120 Å². The monoisotopic (exact) mass is 283 g/mol. The van der Waals surface area contributed by atoms with Gasteiger partial charge < -0.3 is 14.8 Å². The van der Waals surface area contributed by atoms with Crippen LogP contribution < -0.4 is 10.1 Å². The van der Waals surface area contributed by atoms with Crippen LogP contribution in [0.1, 0.15) is 38.3 Å². The molecule has 1 fully saturated rings. The van der Waals surface area contributed by atoms with Crippen molar-refractivity contribution in [1.29, 1.82) is 0 Å². The lowest BCUT2D eigenvalue weighted by molar-refractivity contribution is 0.0265. The van der Waals surface area contributed by atoms with E-state index in [0.717, 1.165) is 24.2 Å². The molecule has 106 valence electrons. The second kappa shape index (κ2) is 6.60. The van der Waals surface area contributed by atoms with Crippen LogP contribution in [0.2, 0.25) is 5.02 Å². The maximum Gasteiger partial charge on any atom is 0.138 e. The molecule has 4 heteroatoms. The van der Waals surface area contributed by atoms with Gasteiger partial charge in [0.15, 0.2) is 0 Å². The van der Waals surface area contributed by atoms with Crippen LogP contribution in [0.4, 0.5) is 0 Å².